The predicted octanol–water partition coefficient (Wildman–Crippen LogP) is 4.46. The van der Waals surface area contributed by atoms with Crippen LogP contribution in [0.15, 0.2) is 78.2 Å². The number of amides is 1. The van der Waals surface area contributed by atoms with Gasteiger partial charge in [0.05, 0.1) is 12.3 Å². The average molecular weight is 418 g/mol. The van der Waals surface area contributed by atoms with Crippen LogP contribution >= 0.6 is 11.8 Å². The summed E-state index contributed by atoms with van der Waals surface area (Å²) in [6.07, 6.45) is 3.88. The lowest BCUT2D eigenvalue weighted by Crippen LogP contribution is -2.16. The molecule has 0 aliphatic carbocycles. The van der Waals surface area contributed by atoms with E-state index in [1.54, 1.807) is 0 Å². The van der Waals surface area contributed by atoms with Gasteiger partial charge in [0.2, 0.25) is 11.9 Å². The zero-order chi connectivity index (χ0) is 20.9. The van der Waals surface area contributed by atoms with Crippen LogP contribution in [0.4, 0.5) is 5.69 Å². The van der Waals surface area contributed by atoms with Crippen molar-refractivity contribution in [2.45, 2.75) is 25.5 Å². The molecule has 4 aromatic rings. The summed E-state index contributed by atoms with van der Waals surface area (Å²) >= 11 is 1.39. The molecule has 0 saturated carbocycles. The highest BCUT2D eigenvalue weighted by atomic mass is 32.2. The molecule has 0 spiro atoms. The summed E-state index contributed by atoms with van der Waals surface area (Å²) in [7, 11) is 0. The number of thioether (sulfide) groups is 1. The summed E-state index contributed by atoms with van der Waals surface area (Å²) in [6.45, 7) is 4.63. The summed E-state index contributed by atoms with van der Waals surface area (Å²) in [4.78, 5) is 12.6. The standard InChI is InChI=1S/C23H23N5OS/c1-17-10-11-18(2)20(14-17)24-21(29)16-30-23-26-25-22(27-12-6-7-13-27)28(23)15-19-8-4-3-5-9-19/h3-14H,15-16H2,1-2H3,(H,24,29). The number of nitrogens with zero attached hydrogens (tertiary/aromatic N) is 4. The summed E-state index contributed by atoms with van der Waals surface area (Å²) in [5.74, 6) is 0.915. The van der Waals surface area contributed by atoms with Gasteiger partial charge in [-0.05, 0) is 48.7 Å². The van der Waals surface area contributed by atoms with Crippen molar-refractivity contribution in [3.8, 4) is 5.95 Å². The first-order valence-corrected chi connectivity index (χ1v) is 10.7. The highest BCUT2D eigenvalue weighted by molar-refractivity contribution is 7.99. The molecule has 1 N–H and O–H groups in total. The van der Waals surface area contributed by atoms with Gasteiger partial charge in [0, 0.05) is 18.1 Å². The van der Waals surface area contributed by atoms with E-state index in [1.165, 1.54) is 11.8 Å². The lowest BCUT2D eigenvalue weighted by molar-refractivity contribution is -0.113. The second kappa shape index (κ2) is 9.00. The van der Waals surface area contributed by atoms with E-state index >= 15 is 0 Å². The number of carbonyl (C=O) groups excluding carboxylic acids is 1. The number of aryl methyl sites for hydroxylation is 2. The molecule has 30 heavy (non-hydrogen) atoms. The topological polar surface area (TPSA) is 64.7 Å². The third-order valence-corrected chi connectivity index (χ3v) is 5.68. The quantitative estimate of drug-likeness (QED) is 0.451. The molecule has 4 rings (SSSR count). The maximum atomic E-state index is 12.6. The Labute approximate surface area is 180 Å². The van der Waals surface area contributed by atoms with Crippen LogP contribution in [0.2, 0.25) is 0 Å². The summed E-state index contributed by atoms with van der Waals surface area (Å²) in [5, 5.41) is 12.4. The SMILES string of the molecule is Cc1ccc(C)c(NC(=O)CSc2nnc(-n3cccc3)n2Cc2ccccc2)c1. The van der Waals surface area contributed by atoms with Crippen LogP contribution in [0.25, 0.3) is 5.95 Å². The largest absolute Gasteiger partial charge is 0.325 e. The second-order valence-electron chi connectivity index (χ2n) is 7.10. The van der Waals surface area contributed by atoms with Crippen LogP contribution < -0.4 is 5.32 Å². The maximum Gasteiger partial charge on any atom is 0.236 e. The van der Waals surface area contributed by atoms with Gasteiger partial charge in [0.1, 0.15) is 0 Å². The molecule has 0 saturated heterocycles. The summed E-state index contributed by atoms with van der Waals surface area (Å²) in [5.41, 5.74) is 4.15. The Morgan fingerprint density at radius 1 is 1.00 bits per heavy atom. The zero-order valence-corrected chi connectivity index (χ0v) is 17.8. The minimum atomic E-state index is -0.0644. The first-order valence-electron chi connectivity index (χ1n) is 9.70. The third-order valence-electron chi connectivity index (χ3n) is 4.72. The first-order chi connectivity index (χ1) is 14.6. The number of hydrogen-bond acceptors (Lipinski definition) is 4. The summed E-state index contributed by atoms with van der Waals surface area (Å²) < 4.78 is 3.96. The van der Waals surface area contributed by atoms with Crippen LogP contribution in [0.1, 0.15) is 16.7 Å². The molecular formula is C23H23N5OS. The molecule has 152 valence electrons. The van der Waals surface area contributed by atoms with Gasteiger partial charge in [0.15, 0.2) is 5.16 Å². The zero-order valence-electron chi connectivity index (χ0n) is 16.9. The monoisotopic (exact) mass is 417 g/mol. The molecule has 0 radical (unpaired) electrons. The lowest BCUT2D eigenvalue weighted by Gasteiger charge is -2.11. The molecule has 6 nitrogen and oxygen atoms in total. The molecule has 2 heterocycles. The number of hydrogen-bond donors (Lipinski definition) is 1. The smallest absolute Gasteiger partial charge is 0.236 e. The third kappa shape index (κ3) is 4.63. The molecule has 0 bridgehead atoms. The van der Waals surface area contributed by atoms with Crippen LogP contribution in [0.3, 0.4) is 0 Å². The van der Waals surface area contributed by atoms with Gasteiger partial charge in [-0.25, -0.2) is 0 Å². The Hall–Kier alpha value is -3.32. The van der Waals surface area contributed by atoms with Crippen LogP contribution in [0.5, 0.6) is 0 Å². The number of anilines is 1. The molecular weight excluding hydrogens is 394 g/mol. The minimum absolute atomic E-state index is 0.0644. The number of carbonyl (C=O) groups is 1. The van der Waals surface area contributed by atoms with E-state index in [2.05, 4.69) is 27.6 Å². The highest BCUT2D eigenvalue weighted by Gasteiger charge is 2.16. The Morgan fingerprint density at radius 3 is 2.53 bits per heavy atom. The Bertz CT molecular complexity index is 1140. The van der Waals surface area contributed by atoms with Gasteiger partial charge in [-0.3, -0.25) is 13.9 Å². The minimum Gasteiger partial charge on any atom is -0.325 e. The molecule has 0 fully saturated rings. The fourth-order valence-corrected chi connectivity index (χ4v) is 3.87. The maximum absolute atomic E-state index is 12.6. The van der Waals surface area contributed by atoms with E-state index in [9.17, 15) is 4.79 Å². The van der Waals surface area contributed by atoms with Crippen molar-refractivity contribution in [1.29, 1.82) is 0 Å². The normalized spacial score (nSPS) is 10.9. The molecule has 2 aromatic heterocycles. The predicted molar refractivity (Wildman–Crippen MR) is 120 cm³/mol. The van der Waals surface area contributed by atoms with Gasteiger partial charge in [0.25, 0.3) is 0 Å². The fraction of sp³-hybridized carbons (Fsp3) is 0.174. The highest BCUT2D eigenvalue weighted by Crippen LogP contribution is 2.22. The van der Waals surface area contributed by atoms with Crippen molar-refractivity contribution in [1.82, 2.24) is 19.3 Å². The molecule has 7 heteroatoms. The Morgan fingerprint density at radius 2 is 1.77 bits per heavy atom. The van der Waals surface area contributed by atoms with Gasteiger partial charge >= 0.3 is 0 Å². The Balaban J connectivity index is 1.52. The van der Waals surface area contributed by atoms with Gasteiger partial charge in [-0.15, -0.1) is 10.2 Å². The number of benzene rings is 2. The lowest BCUT2D eigenvalue weighted by atomic mass is 10.1. The molecule has 0 aliphatic rings. The van der Waals surface area contributed by atoms with Crippen LogP contribution in [-0.2, 0) is 11.3 Å². The van der Waals surface area contributed by atoms with Crippen molar-refractivity contribution < 1.29 is 4.79 Å². The second-order valence-corrected chi connectivity index (χ2v) is 8.04. The molecule has 0 atom stereocenters. The molecule has 0 aliphatic heterocycles. The van der Waals surface area contributed by atoms with Crippen molar-refractivity contribution in [2.24, 2.45) is 0 Å². The molecule has 2 aromatic carbocycles. The van der Waals surface area contributed by atoms with Gasteiger partial charge < -0.3 is 5.32 Å². The number of nitrogens with one attached hydrogen (secondary N) is 1. The van der Waals surface area contributed by atoms with Crippen molar-refractivity contribution in [2.75, 3.05) is 11.1 Å². The van der Waals surface area contributed by atoms with Gasteiger partial charge in [-0.1, -0.05) is 54.2 Å². The van der Waals surface area contributed by atoms with E-state index < -0.39 is 0 Å². The number of aromatic nitrogens is 4. The van der Waals surface area contributed by atoms with Crippen molar-refractivity contribution >= 4 is 23.4 Å². The van der Waals surface area contributed by atoms with Crippen molar-refractivity contribution in [3.05, 3.63) is 89.7 Å². The van der Waals surface area contributed by atoms with Gasteiger partial charge in [-0.2, -0.15) is 0 Å². The first kappa shape index (κ1) is 20.0. The number of rotatable bonds is 7. The summed E-state index contributed by atoms with van der Waals surface area (Å²) in [6, 6.07) is 20.1. The molecule has 0 unspecified atom stereocenters. The Kier molecular flexibility index (Phi) is 5.99. The van der Waals surface area contributed by atoms with E-state index in [1.807, 2.05) is 83.9 Å². The fourth-order valence-electron chi connectivity index (χ4n) is 3.14. The average Bonchev–Trinajstić information content (AvgIpc) is 3.40. The van der Waals surface area contributed by atoms with E-state index in [0.29, 0.717) is 11.7 Å². The van der Waals surface area contributed by atoms with Crippen molar-refractivity contribution in [3.63, 3.8) is 0 Å². The van der Waals surface area contributed by atoms with E-state index in [0.717, 1.165) is 28.3 Å². The van der Waals surface area contributed by atoms with Crippen LogP contribution in [0, 0.1) is 13.8 Å². The molecule has 1 amide bonds. The van der Waals surface area contributed by atoms with Crippen LogP contribution in [-0.4, -0.2) is 31.0 Å². The van der Waals surface area contributed by atoms with E-state index in [4.69, 9.17) is 0 Å². The van der Waals surface area contributed by atoms with E-state index in [-0.39, 0.29) is 11.7 Å².